The summed E-state index contributed by atoms with van der Waals surface area (Å²) in [6.07, 6.45) is 0. The summed E-state index contributed by atoms with van der Waals surface area (Å²) in [6.45, 7) is 11.3. The van der Waals surface area contributed by atoms with E-state index in [4.69, 9.17) is 0 Å². The van der Waals surface area contributed by atoms with E-state index >= 15 is 0 Å². The van der Waals surface area contributed by atoms with Crippen LogP contribution in [-0.4, -0.2) is 4.57 Å². The molecule has 3 aromatic rings. The molecular weight excluding hydrogens is 230 g/mol. The molecule has 1 aromatic heterocycles. The number of nitrogens with zero attached hydrogens (tertiary/aromatic N) is 1. The smallest absolute Gasteiger partial charge is 0.0526 e. The van der Waals surface area contributed by atoms with Gasteiger partial charge in [-0.05, 0) is 45.7 Å². The fourth-order valence-corrected chi connectivity index (χ4v) is 3.13. The maximum atomic E-state index is 2.50. The Bertz CT molecular complexity index is 710. The van der Waals surface area contributed by atoms with Crippen molar-refractivity contribution >= 4 is 21.8 Å². The highest BCUT2D eigenvalue weighted by Gasteiger charge is 2.22. The average molecular weight is 251 g/mol. The van der Waals surface area contributed by atoms with Crippen LogP contribution in [0.3, 0.4) is 0 Å². The summed E-state index contributed by atoms with van der Waals surface area (Å²) >= 11 is 0. The van der Waals surface area contributed by atoms with E-state index < -0.39 is 0 Å². The fraction of sp³-hybridized carbons (Fsp3) is 0.333. The van der Waals surface area contributed by atoms with Crippen molar-refractivity contribution in [2.45, 2.75) is 40.2 Å². The van der Waals surface area contributed by atoms with Crippen LogP contribution in [0.2, 0.25) is 0 Å². The molecule has 0 unspecified atom stereocenters. The molecule has 1 heterocycles. The van der Waals surface area contributed by atoms with Crippen molar-refractivity contribution in [3.05, 3.63) is 47.5 Å². The first-order valence-corrected chi connectivity index (χ1v) is 6.91. The first-order valence-electron chi connectivity index (χ1n) is 6.91. The van der Waals surface area contributed by atoms with Gasteiger partial charge >= 0.3 is 0 Å². The van der Waals surface area contributed by atoms with Crippen LogP contribution in [0.25, 0.3) is 21.8 Å². The third-order valence-electron chi connectivity index (χ3n) is 3.88. The van der Waals surface area contributed by atoms with Gasteiger partial charge in [0, 0.05) is 16.3 Å². The van der Waals surface area contributed by atoms with Gasteiger partial charge < -0.3 is 4.57 Å². The molecule has 0 radical (unpaired) electrons. The zero-order chi connectivity index (χ0) is 13.8. The molecule has 0 aliphatic rings. The Labute approximate surface area is 114 Å². The van der Waals surface area contributed by atoms with Crippen LogP contribution < -0.4 is 0 Å². The van der Waals surface area contributed by atoms with Crippen LogP contribution in [0.5, 0.6) is 0 Å². The Balaban J connectivity index is 2.68. The first kappa shape index (κ1) is 12.3. The number of benzene rings is 2. The number of hydrogen-bond acceptors (Lipinski definition) is 0. The van der Waals surface area contributed by atoms with E-state index in [0.29, 0.717) is 0 Å². The average Bonchev–Trinajstić information content (AvgIpc) is 2.66. The summed E-state index contributed by atoms with van der Waals surface area (Å²) in [4.78, 5) is 0. The van der Waals surface area contributed by atoms with E-state index in [1.54, 1.807) is 0 Å². The number of aromatic nitrogens is 1. The molecule has 0 N–H and O–H groups in total. The molecule has 98 valence electrons. The van der Waals surface area contributed by atoms with E-state index in [0.717, 1.165) is 0 Å². The molecule has 0 atom stereocenters. The predicted octanol–water partition coefficient (Wildman–Crippen LogP) is 5.17. The van der Waals surface area contributed by atoms with Crippen LogP contribution >= 0.6 is 0 Å². The van der Waals surface area contributed by atoms with Gasteiger partial charge in [0.25, 0.3) is 0 Å². The van der Waals surface area contributed by atoms with Gasteiger partial charge in [-0.3, -0.25) is 0 Å². The minimum atomic E-state index is 0.0816. The predicted molar refractivity (Wildman–Crippen MR) is 83.9 cm³/mol. The zero-order valence-electron chi connectivity index (χ0n) is 12.4. The summed E-state index contributed by atoms with van der Waals surface area (Å²) < 4.78 is 2.50. The van der Waals surface area contributed by atoms with Crippen molar-refractivity contribution in [2.75, 3.05) is 0 Å². The Morgan fingerprint density at radius 1 is 0.737 bits per heavy atom. The van der Waals surface area contributed by atoms with Crippen LogP contribution in [0.1, 0.15) is 31.9 Å². The lowest BCUT2D eigenvalue weighted by atomic mass is 10.1. The molecule has 0 aliphatic heterocycles. The third-order valence-corrected chi connectivity index (χ3v) is 3.88. The standard InChI is InChI=1S/C18H21N/c1-12-8-6-10-14-15-11-7-9-13(2)17(15)19(16(12)14)18(3,4)5/h6-11H,1-5H3. The van der Waals surface area contributed by atoms with Crippen molar-refractivity contribution in [3.8, 4) is 0 Å². The highest BCUT2D eigenvalue weighted by atomic mass is 15.1. The monoisotopic (exact) mass is 251 g/mol. The number of fused-ring (bicyclic) bond motifs is 3. The lowest BCUT2D eigenvalue weighted by molar-refractivity contribution is 0.422. The Hall–Kier alpha value is -1.76. The Morgan fingerprint density at radius 3 is 1.53 bits per heavy atom. The highest BCUT2D eigenvalue weighted by molar-refractivity contribution is 6.10. The lowest BCUT2D eigenvalue weighted by Crippen LogP contribution is -2.22. The van der Waals surface area contributed by atoms with Gasteiger partial charge in [0.1, 0.15) is 0 Å². The van der Waals surface area contributed by atoms with E-state index in [2.05, 4.69) is 75.6 Å². The van der Waals surface area contributed by atoms with Gasteiger partial charge in [-0.15, -0.1) is 0 Å². The van der Waals surface area contributed by atoms with E-state index in [-0.39, 0.29) is 5.54 Å². The minimum Gasteiger partial charge on any atom is -0.335 e. The molecule has 1 nitrogen and oxygen atoms in total. The van der Waals surface area contributed by atoms with Crippen LogP contribution in [0, 0.1) is 13.8 Å². The summed E-state index contributed by atoms with van der Waals surface area (Å²) in [7, 11) is 0. The number of aryl methyl sites for hydroxylation is 2. The Morgan fingerprint density at radius 2 is 1.16 bits per heavy atom. The molecule has 2 aromatic carbocycles. The zero-order valence-corrected chi connectivity index (χ0v) is 12.4. The summed E-state index contributed by atoms with van der Waals surface area (Å²) in [5.41, 5.74) is 5.53. The van der Waals surface area contributed by atoms with Crippen LogP contribution in [-0.2, 0) is 5.54 Å². The molecule has 19 heavy (non-hydrogen) atoms. The van der Waals surface area contributed by atoms with Crippen LogP contribution in [0.4, 0.5) is 0 Å². The molecule has 0 spiro atoms. The number of rotatable bonds is 0. The lowest BCUT2D eigenvalue weighted by Gasteiger charge is -2.25. The Kier molecular flexibility index (Phi) is 2.50. The second-order valence-corrected chi connectivity index (χ2v) is 6.45. The van der Waals surface area contributed by atoms with Crippen molar-refractivity contribution < 1.29 is 0 Å². The second kappa shape index (κ2) is 3.86. The molecule has 0 saturated carbocycles. The van der Waals surface area contributed by atoms with Gasteiger partial charge in [0.05, 0.1) is 11.0 Å². The molecular formula is C18H21N. The molecule has 0 aliphatic carbocycles. The SMILES string of the molecule is Cc1cccc2c3cccc(C)c3n(C(C)(C)C)c12. The summed E-state index contributed by atoms with van der Waals surface area (Å²) in [5, 5.41) is 2.74. The van der Waals surface area contributed by atoms with E-state index in [1.807, 2.05) is 0 Å². The van der Waals surface area contributed by atoms with Gasteiger partial charge in [-0.1, -0.05) is 36.4 Å². The van der Waals surface area contributed by atoms with Gasteiger partial charge in [0.2, 0.25) is 0 Å². The molecule has 3 rings (SSSR count). The minimum absolute atomic E-state index is 0.0816. The summed E-state index contributed by atoms with van der Waals surface area (Å²) in [6, 6.07) is 13.2. The first-order chi connectivity index (χ1) is 8.91. The fourth-order valence-electron chi connectivity index (χ4n) is 3.13. The van der Waals surface area contributed by atoms with Crippen molar-refractivity contribution in [3.63, 3.8) is 0 Å². The molecule has 0 bridgehead atoms. The molecule has 1 heteroatoms. The largest absolute Gasteiger partial charge is 0.335 e. The van der Waals surface area contributed by atoms with E-state index in [1.165, 1.54) is 32.9 Å². The summed E-state index contributed by atoms with van der Waals surface area (Å²) in [5.74, 6) is 0. The van der Waals surface area contributed by atoms with Gasteiger partial charge in [0.15, 0.2) is 0 Å². The maximum absolute atomic E-state index is 2.50. The normalized spacial score (nSPS) is 12.5. The quantitative estimate of drug-likeness (QED) is 0.519. The van der Waals surface area contributed by atoms with Crippen molar-refractivity contribution in [1.29, 1.82) is 0 Å². The number of hydrogen-bond donors (Lipinski definition) is 0. The molecule has 0 fully saturated rings. The molecule has 0 saturated heterocycles. The maximum Gasteiger partial charge on any atom is 0.0526 e. The van der Waals surface area contributed by atoms with E-state index in [9.17, 15) is 0 Å². The van der Waals surface area contributed by atoms with Crippen molar-refractivity contribution in [1.82, 2.24) is 4.57 Å². The third kappa shape index (κ3) is 1.68. The topological polar surface area (TPSA) is 4.93 Å². The second-order valence-electron chi connectivity index (χ2n) is 6.45. The van der Waals surface area contributed by atoms with Gasteiger partial charge in [-0.2, -0.15) is 0 Å². The van der Waals surface area contributed by atoms with Gasteiger partial charge in [-0.25, -0.2) is 0 Å². The highest BCUT2D eigenvalue weighted by Crippen LogP contribution is 2.36. The molecule has 0 amide bonds. The van der Waals surface area contributed by atoms with Crippen molar-refractivity contribution in [2.24, 2.45) is 0 Å². The number of para-hydroxylation sites is 2. The van der Waals surface area contributed by atoms with Crippen LogP contribution in [0.15, 0.2) is 36.4 Å².